The van der Waals surface area contributed by atoms with Crippen LogP contribution in [0, 0.1) is 10.8 Å². The molecule has 8 nitrogen and oxygen atoms in total. The minimum Gasteiger partial charge on any atom is -0.478 e. The zero-order valence-electron chi connectivity index (χ0n) is 10.5. The van der Waals surface area contributed by atoms with Crippen LogP contribution in [-0.2, 0) is 14.3 Å². The zero-order chi connectivity index (χ0) is 16.0. The van der Waals surface area contributed by atoms with Crippen molar-refractivity contribution < 1.29 is 29.0 Å². The van der Waals surface area contributed by atoms with Crippen molar-refractivity contribution in [3.05, 3.63) is 35.4 Å². The Kier molecular flexibility index (Phi) is 11.9. The van der Waals surface area contributed by atoms with Gasteiger partial charge in [0, 0.05) is 0 Å². The summed E-state index contributed by atoms with van der Waals surface area (Å²) in [6.45, 7) is 1.90. The maximum atomic E-state index is 11.3. The second-order valence-corrected chi connectivity index (χ2v) is 2.78. The van der Waals surface area contributed by atoms with Gasteiger partial charge in [0.25, 0.3) is 0 Å². The molecule has 20 heavy (non-hydrogen) atoms. The SMILES string of the molecule is CCOC(=O)c1ccccc1C(=O)O.N=C=O.N=C=O. The average Bonchev–Trinajstić information content (AvgIpc) is 2.41. The Bertz CT molecular complexity index is 502. The fraction of sp³-hybridized carbons (Fsp3) is 0.167. The van der Waals surface area contributed by atoms with E-state index in [1.165, 1.54) is 12.1 Å². The standard InChI is InChI=1S/C10H10O4.2CHNO/c1-2-14-10(13)8-6-4-3-5-7(8)9(11)12;2*2-1-3/h3-6H,2H2,1H3,(H,11,12);2*2H. The highest BCUT2D eigenvalue weighted by Gasteiger charge is 2.15. The summed E-state index contributed by atoms with van der Waals surface area (Å²) >= 11 is 0. The minimum absolute atomic E-state index is 0.0362. The van der Waals surface area contributed by atoms with E-state index in [1.54, 1.807) is 19.1 Å². The van der Waals surface area contributed by atoms with Crippen molar-refractivity contribution >= 4 is 24.1 Å². The lowest BCUT2D eigenvalue weighted by atomic mass is 10.1. The smallest absolute Gasteiger partial charge is 0.338 e. The first-order valence-corrected chi connectivity index (χ1v) is 5.07. The first kappa shape index (κ1) is 19.3. The molecule has 0 spiro atoms. The molecule has 106 valence electrons. The van der Waals surface area contributed by atoms with Gasteiger partial charge >= 0.3 is 11.9 Å². The van der Waals surface area contributed by atoms with Gasteiger partial charge in [0.2, 0.25) is 12.2 Å². The fourth-order valence-corrected chi connectivity index (χ4v) is 1.06. The van der Waals surface area contributed by atoms with E-state index in [0.29, 0.717) is 0 Å². The summed E-state index contributed by atoms with van der Waals surface area (Å²) < 4.78 is 4.72. The number of hydrogen-bond acceptors (Lipinski definition) is 7. The molecule has 0 aromatic heterocycles. The Hall–Kier alpha value is -3.08. The van der Waals surface area contributed by atoms with Crippen molar-refractivity contribution in [3.8, 4) is 0 Å². The fourth-order valence-electron chi connectivity index (χ4n) is 1.06. The van der Waals surface area contributed by atoms with Gasteiger partial charge < -0.3 is 9.84 Å². The van der Waals surface area contributed by atoms with Gasteiger partial charge in [-0.3, -0.25) is 0 Å². The second-order valence-electron chi connectivity index (χ2n) is 2.78. The molecule has 0 fully saturated rings. The number of ether oxygens (including phenoxy) is 1. The molecule has 0 heterocycles. The highest BCUT2D eigenvalue weighted by Crippen LogP contribution is 2.09. The first-order chi connectivity index (χ1) is 9.49. The van der Waals surface area contributed by atoms with E-state index >= 15 is 0 Å². The number of aromatic carboxylic acids is 1. The van der Waals surface area contributed by atoms with Crippen LogP contribution in [-0.4, -0.2) is 35.8 Å². The lowest BCUT2D eigenvalue weighted by Crippen LogP contribution is -2.11. The van der Waals surface area contributed by atoms with Crippen LogP contribution in [0.2, 0.25) is 0 Å². The van der Waals surface area contributed by atoms with Crippen molar-refractivity contribution in [3.63, 3.8) is 0 Å². The van der Waals surface area contributed by atoms with Crippen LogP contribution in [0.5, 0.6) is 0 Å². The van der Waals surface area contributed by atoms with E-state index in [0.717, 1.165) is 12.2 Å². The van der Waals surface area contributed by atoms with Crippen LogP contribution in [0.25, 0.3) is 0 Å². The summed E-state index contributed by atoms with van der Waals surface area (Å²) in [4.78, 5) is 38.7. The largest absolute Gasteiger partial charge is 0.478 e. The van der Waals surface area contributed by atoms with Gasteiger partial charge in [0.05, 0.1) is 17.7 Å². The number of isocyanates is 2. The normalized spacial score (nSPS) is 7.45. The number of nitrogens with one attached hydrogen (secondary N) is 2. The van der Waals surface area contributed by atoms with Crippen molar-refractivity contribution in [1.29, 1.82) is 10.8 Å². The molecule has 3 N–H and O–H groups in total. The third kappa shape index (κ3) is 8.08. The number of rotatable bonds is 3. The number of carbonyl (C=O) groups is 2. The number of hydrogen-bond donors (Lipinski definition) is 3. The molecule has 8 heteroatoms. The lowest BCUT2D eigenvalue weighted by molar-refractivity contribution is 0.0514. The minimum atomic E-state index is -1.13. The third-order valence-corrected chi connectivity index (χ3v) is 1.65. The van der Waals surface area contributed by atoms with Crippen LogP contribution in [0.15, 0.2) is 24.3 Å². The molecule has 0 aliphatic rings. The van der Waals surface area contributed by atoms with Crippen molar-refractivity contribution in [2.45, 2.75) is 6.92 Å². The quantitative estimate of drug-likeness (QED) is 0.433. The number of carboxylic acids is 1. The van der Waals surface area contributed by atoms with Crippen LogP contribution in [0.1, 0.15) is 27.6 Å². The van der Waals surface area contributed by atoms with E-state index in [1.807, 2.05) is 0 Å². The zero-order valence-corrected chi connectivity index (χ0v) is 10.5. The molecule has 0 saturated carbocycles. The molecular formula is C12H12N2O6. The van der Waals surface area contributed by atoms with Crippen LogP contribution in [0.4, 0.5) is 0 Å². The van der Waals surface area contributed by atoms with Crippen LogP contribution in [0.3, 0.4) is 0 Å². The molecule has 1 rings (SSSR count). The Morgan fingerprint density at radius 1 is 1.15 bits per heavy atom. The summed E-state index contributed by atoms with van der Waals surface area (Å²) in [6, 6.07) is 5.96. The maximum absolute atomic E-state index is 11.3. The van der Waals surface area contributed by atoms with Crippen LogP contribution >= 0.6 is 0 Å². The van der Waals surface area contributed by atoms with Gasteiger partial charge in [-0.15, -0.1) is 0 Å². The summed E-state index contributed by atoms with van der Waals surface area (Å²) in [5, 5.41) is 19.6. The number of carbonyl (C=O) groups excluding carboxylic acids is 3. The molecule has 0 unspecified atom stereocenters. The molecular weight excluding hydrogens is 268 g/mol. The Morgan fingerprint density at radius 3 is 1.90 bits per heavy atom. The Labute approximate surface area is 114 Å². The molecule has 0 aliphatic carbocycles. The van der Waals surface area contributed by atoms with E-state index in [-0.39, 0.29) is 17.7 Å². The topological polar surface area (TPSA) is 145 Å². The number of esters is 1. The van der Waals surface area contributed by atoms with Gasteiger partial charge in [-0.2, -0.15) is 0 Å². The predicted molar refractivity (Wildman–Crippen MR) is 66.2 cm³/mol. The van der Waals surface area contributed by atoms with E-state index < -0.39 is 11.9 Å². The van der Waals surface area contributed by atoms with Gasteiger partial charge in [-0.1, -0.05) is 12.1 Å². The number of benzene rings is 1. The lowest BCUT2D eigenvalue weighted by Gasteiger charge is -2.04. The summed E-state index contributed by atoms with van der Waals surface area (Å²) in [7, 11) is 0. The van der Waals surface area contributed by atoms with Gasteiger partial charge in [-0.25, -0.2) is 30.0 Å². The summed E-state index contributed by atoms with van der Waals surface area (Å²) in [5.41, 5.74) is 0.0489. The Morgan fingerprint density at radius 2 is 1.55 bits per heavy atom. The van der Waals surface area contributed by atoms with Crippen molar-refractivity contribution in [2.75, 3.05) is 6.61 Å². The van der Waals surface area contributed by atoms with Crippen molar-refractivity contribution in [1.82, 2.24) is 0 Å². The van der Waals surface area contributed by atoms with Crippen LogP contribution < -0.4 is 0 Å². The molecule has 0 aliphatic heterocycles. The Balaban J connectivity index is 0. The van der Waals surface area contributed by atoms with E-state index in [2.05, 4.69) is 0 Å². The van der Waals surface area contributed by atoms with E-state index in [4.69, 9.17) is 30.3 Å². The third-order valence-electron chi connectivity index (χ3n) is 1.65. The average molecular weight is 280 g/mol. The highest BCUT2D eigenvalue weighted by atomic mass is 16.5. The highest BCUT2D eigenvalue weighted by molar-refractivity contribution is 6.02. The van der Waals surface area contributed by atoms with E-state index in [9.17, 15) is 9.59 Å². The number of carboxylic acid groups (broad SMARTS) is 1. The molecule has 1 aromatic rings. The maximum Gasteiger partial charge on any atom is 0.338 e. The molecule has 0 saturated heterocycles. The van der Waals surface area contributed by atoms with Gasteiger partial charge in [-0.05, 0) is 19.1 Å². The predicted octanol–water partition coefficient (Wildman–Crippen LogP) is 1.36. The summed E-state index contributed by atoms with van der Waals surface area (Å²) in [5.74, 6) is -1.74. The summed E-state index contributed by atoms with van der Waals surface area (Å²) in [6.07, 6.45) is 1.50. The molecule has 0 radical (unpaired) electrons. The van der Waals surface area contributed by atoms with Crippen molar-refractivity contribution in [2.24, 2.45) is 0 Å². The molecule has 0 atom stereocenters. The monoisotopic (exact) mass is 280 g/mol. The molecule has 0 amide bonds. The van der Waals surface area contributed by atoms with Gasteiger partial charge in [0.1, 0.15) is 0 Å². The molecule has 0 bridgehead atoms. The first-order valence-electron chi connectivity index (χ1n) is 5.07. The second kappa shape index (κ2) is 12.4. The van der Waals surface area contributed by atoms with Gasteiger partial charge in [0.15, 0.2) is 0 Å². The molecule has 1 aromatic carbocycles.